The highest BCUT2D eigenvalue weighted by atomic mass is 79.9. The van der Waals surface area contributed by atoms with E-state index in [1.54, 1.807) is 18.2 Å². The van der Waals surface area contributed by atoms with Gasteiger partial charge in [0.05, 0.1) is 5.02 Å². The van der Waals surface area contributed by atoms with Crippen molar-refractivity contribution in [3.8, 4) is 5.75 Å². The lowest BCUT2D eigenvalue weighted by molar-refractivity contribution is -0.124. The van der Waals surface area contributed by atoms with Crippen molar-refractivity contribution >= 4 is 56.7 Å². The van der Waals surface area contributed by atoms with E-state index in [0.29, 0.717) is 17.2 Å². The third kappa shape index (κ3) is 8.15. The number of carbonyl (C=O) groups excluding carboxylic acids is 2. The van der Waals surface area contributed by atoms with Crippen LogP contribution in [-0.4, -0.2) is 23.5 Å². The minimum atomic E-state index is -0.468. The Bertz CT molecular complexity index is 599. The molecule has 0 fully saturated rings. The minimum absolute atomic E-state index is 0.0191. The predicted octanol–water partition coefficient (Wildman–Crippen LogP) is 2.55. The molecule has 0 bridgehead atoms. The molecule has 0 aliphatic rings. The van der Waals surface area contributed by atoms with Gasteiger partial charge in [-0.3, -0.25) is 20.4 Å². The van der Waals surface area contributed by atoms with Crippen LogP contribution in [0.4, 0.5) is 0 Å². The fourth-order valence-corrected chi connectivity index (χ4v) is 2.37. The summed E-state index contributed by atoms with van der Waals surface area (Å²) < 4.78 is 6.09. The van der Waals surface area contributed by atoms with E-state index in [2.05, 4.69) is 32.1 Å². The standard InChI is InChI=1S/C14H17BrClN3O3S/c1-8(2)5-12(20)17-14(23)19-18-13(21)7-22-11-4-3-9(15)6-10(11)16/h3-4,6,8H,5,7H2,1-2H3,(H,18,21)(H2,17,19,20,23). The van der Waals surface area contributed by atoms with Crippen LogP contribution in [0.25, 0.3) is 0 Å². The van der Waals surface area contributed by atoms with Crippen LogP contribution in [0.2, 0.25) is 5.02 Å². The molecular formula is C14H17BrClN3O3S. The second-order valence-corrected chi connectivity index (χ2v) is 6.74. The van der Waals surface area contributed by atoms with Gasteiger partial charge in [0.25, 0.3) is 5.91 Å². The summed E-state index contributed by atoms with van der Waals surface area (Å²) >= 11 is 14.1. The summed E-state index contributed by atoms with van der Waals surface area (Å²) in [5, 5.41) is 2.86. The smallest absolute Gasteiger partial charge is 0.276 e. The number of thiocarbonyl (C=S) groups is 1. The zero-order valence-electron chi connectivity index (χ0n) is 12.6. The number of carbonyl (C=O) groups is 2. The molecule has 0 saturated carbocycles. The van der Waals surface area contributed by atoms with E-state index < -0.39 is 5.91 Å². The van der Waals surface area contributed by atoms with Gasteiger partial charge in [-0.25, -0.2) is 0 Å². The largest absolute Gasteiger partial charge is 0.482 e. The summed E-state index contributed by atoms with van der Waals surface area (Å²) in [6, 6.07) is 5.05. The predicted molar refractivity (Wildman–Crippen MR) is 96.1 cm³/mol. The molecule has 0 atom stereocenters. The Morgan fingerprint density at radius 1 is 1.30 bits per heavy atom. The van der Waals surface area contributed by atoms with Crippen LogP contribution >= 0.6 is 39.7 Å². The molecular weight excluding hydrogens is 406 g/mol. The molecule has 126 valence electrons. The quantitative estimate of drug-likeness (QED) is 0.502. The van der Waals surface area contributed by atoms with Gasteiger partial charge in [-0.1, -0.05) is 41.4 Å². The first-order valence-electron chi connectivity index (χ1n) is 6.74. The lowest BCUT2D eigenvalue weighted by Gasteiger charge is -2.12. The van der Waals surface area contributed by atoms with Crippen molar-refractivity contribution in [1.82, 2.24) is 16.2 Å². The molecule has 0 unspecified atom stereocenters. The van der Waals surface area contributed by atoms with Crippen LogP contribution in [0.1, 0.15) is 20.3 Å². The van der Waals surface area contributed by atoms with Crippen molar-refractivity contribution in [2.45, 2.75) is 20.3 Å². The average molecular weight is 423 g/mol. The number of ether oxygens (including phenoxy) is 1. The lowest BCUT2D eigenvalue weighted by Crippen LogP contribution is -2.49. The van der Waals surface area contributed by atoms with E-state index >= 15 is 0 Å². The molecule has 1 rings (SSSR count). The fraction of sp³-hybridized carbons (Fsp3) is 0.357. The van der Waals surface area contributed by atoms with Crippen molar-refractivity contribution in [2.75, 3.05) is 6.61 Å². The Labute approximate surface area is 153 Å². The normalized spacial score (nSPS) is 10.1. The molecule has 0 saturated heterocycles. The van der Waals surface area contributed by atoms with Gasteiger partial charge in [-0.15, -0.1) is 0 Å². The Balaban J connectivity index is 2.31. The van der Waals surface area contributed by atoms with Gasteiger partial charge in [-0.05, 0) is 36.3 Å². The highest BCUT2D eigenvalue weighted by Gasteiger charge is 2.09. The number of halogens is 2. The van der Waals surface area contributed by atoms with Crippen molar-refractivity contribution in [3.05, 3.63) is 27.7 Å². The van der Waals surface area contributed by atoms with Crippen LogP contribution in [0.5, 0.6) is 5.75 Å². The molecule has 0 aliphatic heterocycles. The molecule has 0 radical (unpaired) electrons. The van der Waals surface area contributed by atoms with Crippen LogP contribution in [-0.2, 0) is 9.59 Å². The number of hydrogen-bond acceptors (Lipinski definition) is 4. The molecule has 1 aromatic carbocycles. The monoisotopic (exact) mass is 421 g/mol. The minimum Gasteiger partial charge on any atom is -0.482 e. The van der Waals surface area contributed by atoms with E-state index in [1.807, 2.05) is 13.8 Å². The SMILES string of the molecule is CC(C)CC(=O)NC(=S)NNC(=O)COc1ccc(Br)cc1Cl. The molecule has 2 amide bonds. The molecule has 0 heterocycles. The van der Waals surface area contributed by atoms with Gasteiger partial charge in [0.2, 0.25) is 5.91 Å². The summed E-state index contributed by atoms with van der Waals surface area (Å²) in [7, 11) is 0. The van der Waals surface area contributed by atoms with Crippen molar-refractivity contribution < 1.29 is 14.3 Å². The molecule has 23 heavy (non-hydrogen) atoms. The average Bonchev–Trinajstić information content (AvgIpc) is 2.43. The highest BCUT2D eigenvalue weighted by Crippen LogP contribution is 2.27. The molecule has 3 N–H and O–H groups in total. The van der Waals surface area contributed by atoms with Gasteiger partial charge >= 0.3 is 0 Å². The summed E-state index contributed by atoms with van der Waals surface area (Å²) in [6.45, 7) is 3.59. The second-order valence-electron chi connectivity index (χ2n) is 5.01. The van der Waals surface area contributed by atoms with Gasteiger partial charge < -0.3 is 10.1 Å². The topological polar surface area (TPSA) is 79.5 Å². The molecule has 6 nitrogen and oxygen atoms in total. The van der Waals surface area contributed by atoms with E-state index in [-0.39, 0.29) is 23.5 Å². The number of amides is 2. The maximum Gasteiger partial charge on any atom is 0.276 e. The molecule has 0 aromatic heterocycles. The Hall–Kier alpha value is -1.38. The first kappa shape index (κ1) is 19.7. The molecule has 1 aromatic rings. The first-order valence-corrected chi connectivity index (χ1v) is 8.32. The second kappa shape index (κ2) is 9.69. The third-order valence-corrected chi connectivity index (χ3v) is 3.41. The third-order valence-electron chi connectivity index (χ3n) is 2.41. The molecule has 9 heteroatoms. The zero-order chi connectivity index (χ0) is 17.4. The maximum atomic E-state index is 11.6. The summed E-state index contributed by atoms with van der Waals surface area (Å²) in [4.78, 5) is 23.1. The summed E-state index contributed by atoms with van der Waals surface area (Å²) in [5.74, 6) is -0.0802. The van der Waals surface area contributed by atoms with Crippen LogP contribution in [0.3, 0.4) is 0 Å². The Morgan fingerprint density at radius 3 is 2.61 bits per heavy atom. The first-order chi connectivity index (χ1) is 10.8. The summed E-state index contributed by atoms with van der Waals surface area (Å²) in [6.07, 6.45) is 0.348. The van der Waals surface area contributed by atoms with Crippen molar-refractivity contribution in [3.63, 3.8) is 0 Å². The fourth-order valence-electron chi connectivity index (χ4n) is 1.48. The highest BCUT2D eigenvalue weighted by molar-refractivity contribution is 9.10. The number of nitrogens with one attached hydrogen (secondary N) is 3. The number of hydrogen-bond donors (Lipinski definition) is 3. The lowest BCUT2D eigenvalue weighted by atomic mass is 10.1. The van der Waals surface area contributed by atoms with E-state index in [9.17, 15) is 9.59 Å². The zero-order valence-corrected chi connectivity index (χ0v) is 15.8. The number of rotatable bonds is 5. The molecule has 0 spiro atoms. The van der Waals surface area contributed by atoms with Gasteiger partial charge in [0.1, 0.15) is 5.75 Å². The molecule has 0 aliphatic carbocycles. The van der Waals surface area contributed by atoms with Crippen molar-refractivity contribution in [2.24, 2.45) is 5.92 Å². The Morgan fingerprint density at radius 2 is 2.00 bits per heavy atom. The van der Waals surface area contributed by atoms with Crippen LogP contribution in [0.15, 0.2) is 22.7 Å². The Kier molecular flexibility index (Phi) is 8.29. The van der Waals surface area contributed by atoms with Crippen LogP contribution in [0, 0.1) is 5.92 Å². The van der Waals surface area contributed by atoms with E-state index in [0.717, 1.165) is 4.47 Å². The summed E-state index contributed by atoms with van der Waals surface area (Å²) in [5.41, 5.74) is 4.75. The van der Waals surface area contributed by atoms with Gasteiger partial charge in [0.15, 0.2) is 11.7 Å². The number of benzene rings is 1. The van der Waals surface area contributed by atoms with E-state index in [4.69, 9.17) is 28.6 Å². The maximum absolute atomic E-state index is 11.6. The van der Waals surface area contributed by atoms with E-state index in [1.165, 1.54) is 0 Å². The number of hydrazine groups is 1. The van der Waals surface area contributed by atoms with Gasteiger partial charge in [-0.2, -0.15) is 0 Å². The van der Waals surface area contributed by atoms with Crippen molar-refractivity contribution in [1.29, 1.82) is 0 Å². The van der Waals surface area contributed by atoms with Gasteiger partial charge in [0, 0.05) is 10.9 Å². The van der Waals surface area contributed by atoms with Crippen LogP contribution < -0.4 is 20.9 Å².